The molecule has 2 heterocycles. The molecule has 1 aliphatic rings. The first kappa shape index (κ1) is 19.2. The van der Waals surface area contributed by atoms with Gasteiger partial charge in [0.05, 0.1) is 10.6 Å². The average Bonchev–Trinajstić information content (AvgIpc) is 2.94. The lowest BCUT2D eigenvalue weighted by atomic mass is 9.89. The molecule has 0 N–H and O–H groups in total. The second kappa shape index (κ2) is 7.56. The molecule has 2 atom stereocenters. The van der Waals surface area contributed by atoms with Gasteiger partial charge in [0, 0.05) is 25.5 Å². The van der Waals surface area contributed by atoms with Gasteiger partial charge in [0.15, 0.2) is 5.16 Å². The molecule has 26 heavy (non-hydrogen) atoms. The van der Waals surface area contributed by atoms with Gasteiger partial charge in [-0.2, -0.15) is 0 Å². The number of fused-ring (bicyclic) bond motifs is 3. The molecular formula is C19H25N3O2S2. The maximum Gasteiger partial charge on any atom is 0.263 e. The summed E-state index contributed by atoms with van der Waals surface area (Å²) >= 11 is 2.98. The van der Waals surface area contributed by atoms with E-state index in [1.165, 1.54) is 22.2 Å². The Bertz CT molecular complexity index is 914. The van der Waals surface area contributed by atoms with Gasteiger partial charge in [0.25, 0.3) is 5.56 Å². The van der Waals surface area contributed by atoms with E-state index in [4.69, 9.17) is 4.98 Å². The molecule has 140 valence electrons. The fourth-order valence-corrected chi connectivity index (χ4v) is 5.84. The molecule has 2 unspecified atom stereocenters. The van der Waals surface area contributed by atoms with E-state index in [1.807, 2.05) is 6.92 Å². The SMILES string of the molecule is C=CCn1c(SC(C)C(=O)N(C)C)nc2sc3c(c2c1=O)CCC(C)C3. The summed E-state index contributed by atoms with van der Waals surface area (Å²) in [5, 5.41) is 1.06. The van der Waals surface area contributed by atoms with Crippen LogP contribution in [0.25, 0.3) is 10.2 Å². The molecule has 0 saturated carbocycles. The van der Waals surface area contributed by atoms with Crippen molar-refractivity contribution in [3.05, 3.63) is 33.4 Å². The summed E-state index contributed by atoms with van der Waals surface area (Å²) in [6, 6.07) is 0. The van der Waals surface area contributed by atoms with Gasteiger partial charge in [0.2, 0.25) is 5.91 Å². The Balaban J connectivity index is 2.11. The Morgan fingerprint density at radius 1 is 1.54 bits per heavy atom. The van der Waals surface area contributed by atoms with Crippen molar-refractivity contribution in [3.63, 3.8) is 0 Å². The maximum absolute atomic E-state index is 13.2. The second-order valence-corrected chi connectivity index (χ2v) is 9.52. The highest BCUT2D eigenvalue weighted by Gasteiger charge is 2.26. The lowest BCUT2D eigenvalue weighted by Gasteiger charge is -2.18. The van der Waals surface area contributed by atoms with E-state index in [0.717, 1.165) is 29.5 Å². The van der Waals surface area contributed by atoms with Gasteiger partial charge in [0.1, 0.15) is 4.83 Å². The number of allylic oxidation sites excluding steroid dienone is 1. The smallest absolute Gasteiger partial charge is 0.263 e. The van der Waals surface area contributed by atoms with Crippen molar-refractivity contribution in [2.75, 3.05) is 14.1 Å². The molecule has 0 aliphatic heterocycles. The minimum atomic E-state index is -0.306. The van der Waals surface area contributed by atoms with Crippen molar-refractivity contribution in [1.82, 2.24) is 14.5 Å². The highest BCUT2D eigenvalue weighted by molar-refractivity contribution is 8.00. The van der Waals surface area contributed by atoms with Crippen molar-refractivity contribution in [2.24, 2.45) is 5.92 Å². The number of hydrogen-bond acceptors (Lipinski definition) is 5. The summed E-state index contributed by atoms with van der Waals surface area (Å²) in [6.45, 7) is 8.28. The first-order chi connectivity index (χ1) is 12.3. The zero-order chi connectivity index (χ0) is 19.0. The molecule has 0 bridgehead atoms. The minimum Gasteiger partial charge on any atom is -0.348 e. The van der Waals surface area contributed by atoms with Crippen LogP contribution in [0.3, 0.4) is 0 Å². The van der Waals surface area contributed by atoms with E-state index < -0.39 is 0 Å². The van der Waals surface area contributed by atoms with Crippen molar-refractivity contribution in [3.8, 4) is 0 Å². The predicted octanol–water partition coefficient (Wildman–Crippen LogP) is 3.34. The Morgan fingerprint density at radius 3 is 2.92 bits per heavy atom. The molecule has 3 rings (SSSR count). The quantitative estimate of drug-likeness (QED) is 0.446. The number of hydrogen-bond donors (Lipinski definition) is 0. The monoisotopic (exact) mass is 391 g/mol. The molecule has 1 amide bonds. The van der Waals surface area contributed by atoms with E-state index >= 15 is 0 Å². The van der Waals surface area contributed by atoms with Gasteiger partial charge in [-0.25, -0.2) is 4.98 Å². The van der Waals surface area contributed by atoms with Gasteiger partial charge in [-0.15, -0.1) is 17.9 Å². The number of thiophene rings is 1. The second-order valence-electron chi connectivity index (χ2n) is 7.12. The van der Waals surface area contributed by atoms with Crippen molar-refractivity contribution < 1.29 is 4.79 Å². The van der Waals surface area contributed by atoms with Crippen LogP contribution in [0.2, 0.25) is 0 Å². The maximum atomic E-state index is 13.2. The Morgan fingerprint density at radius 2 is 2.27 bits per heavy atom. The normalized spacial score (nSPS) is 17.8. The number of rotatable bonds is 5. The van der Waals surface area contributed by atoms with Crippen LogP contribution in [0.5, 0.6) is 0 Å². The third-order valence-electron chi connectivity index (χ3n) is 4.76. The molecule has 5 nitrogen and oxygen atoms in total. The van der Waals surface area contributed by atoms with Crippen LogP contribution in [-0.2, 0) is 24.2 Å². The highest BCUT2D eigenvalue weighted by atomic mass is 32.2. The predicted molar refractivity (Wildman–Crippen MR) is 109 cm³/mol. The van der Waals surface area contributed by atoms with Crippen LogP contribution in [0, 0.1) is 5.92 Å². The summed E-state index contributed by atoms with van der Waals surface area (Å²) in [4.78, 5) is 33.9. The molecule has 0 fully saturated rings. The van der Waals surface area contributed by atoms with Gasteiger partial charge < -0.3 is 4.90 Å². The average molecular weight is 392 g/mol. The molecule has 1 aliphatic carbocycles. The number of aromatic nitrogens is 2. The van der Waals surface area contributed by atoms with Gasteiger partial charge in [-0.05, 0) is 37.7 Å². The Kier molecular flexibility index (Phi) is 5.58. The fourth-order valence-electron chi connectivity index (χ4n) is 3.36. The molecular weight excluding hydrogens is 366 g/mol. The standard InChI is InChI=1S/C19H25N3O2S2/c1-6-9-22-18(24)15-13-8-7-11(2)10-14(13)26-16(15)20-19(22)25-12(3)17(23)21(4)5/h6,11-12H,1,7-10H2,2-5H3. The fraction of sp³-hybridized carbons (Fsp3) is 0.526. The number of carbonyl (C=O) groups is 1. The molecule has 0 saturated heterocycles. The summed E-state index contributed by atoms with van der Waals surface area (Å²) < 4.78 is 1.66. The summed E-state index contributed by atoms with van der Waals surface area (Å²) in [5.74, 6) is 0.659. The number of aryl methyl sites for hydroxylation is 1. The van der Waals surface area contributed by atoms with Crippen molar-refractivity contribution in [1.29, 1.82) is 0 Å². The summed E-state index contributed by atoms with van der Waals surface area (Å²) in [6.07, 6.45) is 4.79. The van der Waals surface area contributed by atoms with Crippen LogP contribution >= 0.6 is 23.1 Å². The summed E-state index contributed by atoms with van der Waals surface area (Å²) in [7, 11) is 3.47. The Labute approximate surface area is 162 Å². The van der Waals surface area contributed by atoms with Crippen molar-refractivity contribution >= 4 is 39.2 Å². The van der Waals surface area contributed by atoms with Gasteiger partial charge in [-0.3, -0.25) is 14.2 Å². The first-order valence-corrected chi connectivity index (χ1v) is 10.6. The third kappa shape index (κ3) is 3.47. The van der Waals surface area contributed by atoms with E-state index in [9.17, 15) is 9.59 Å². The van der Waals surface area contributed by atoms with E-state index in [1.54, 1.807) is 41.0 Å². The minimum absolute atomic E-state index is 0.00560. The van der Waals surface area contributed by atoms with Crippen molar-refractivity contribution in [2.45, 2.75) is 50.1 Å². The van der Waals surface area contributed by atoms with E-state index in [2.05, 4.69) is 13.5 Å². The number of thioether (sulfide) groups is 1. The lowest BCUT2D eigenvalue weighted by Crippen LogP contribution is -2.31. The van der Waals surface area contributed by atoms with Crippen LogP contribution < -0.4 is 5.56 Å². The molecule has 2 aromatic rings. The topological polar surface area (TPSA) is 55.2 Å². The summed E-state index contributed by atoms with van der Waals surface area (Å²) in [5.41, 5.74) is 1.18. The number of amides is 1. The zero-order valence-corrected chi connectivity index (χ0v) is 17.4. The molecule has 0 spiro atoms. The molecule has 2 aromatic heterocycles. The van der Waals surface area contributed by atoms with Crippen LogP contribution in [0.15, 0.2) is 22.6 Å². The Hall–Kier alpha value is -1.60. The largest absolute Gasteiger partial charge is 0.348 e. The molecule has 0 radical (unpaired) electrons. The molecule has 7 heteroatoms. The number of nitrogens with zero attached hydrogens (tertiary/aromatic N) is 3. The molecule has 0 aromatic carbocycles. The van der Waals surface area contributed by atoms with Gasteiger partial charge in [-0.1, -0.05) is 24.8 Å². The van der Waals surface area contributed by atoms with E-state index in [-0.39, 0.29) is 16.7 Å². The van der Waals surface area contributed by atoms with Gasteiger partial charge >= 0.3 is 0 Å². The lowest BCUT2D eigenvalue weighted by molar-refractivity contribution is -0.127. The van der Waals surface area contributed by atoms with Crippen LogP contribution in [0.4, 0.5) is 0 Å². The van der Waals surface area contributed by atoms with Crippen LogP contribution in [-0.4, -0.2) is 39.7 Å². The first-order valence-electron chi connectivity index (χ1n) is 8.87. The highest BCUT2D eigenvalue weighted by Crippen LogP contribution is 2.36. The van der Waals surface area contributed by atoms with Crippen LogP contribution in [0.1, 0.15) is 30.7 Å². The van der Waals surface area contributed by atoms with E-state index in [0.29, 0.717) is 17.6 Å². The zero-order valence-electron chi connectivity index (χ0n) is 15.7. The third-order valence-corrected chi connectivity index (χ3v) is 6.99. The number of carbonyl (C=O) groups excluding carboxylic acids is 1.